The summed E-state index contributed by atoms with van der Waals surface area (Å²) >= 11 is 0. The summed E-state index contributed by atoms with van der Waals surface area (Å²) in [5.74, 6) is 0.312. The molecule has 0 aliphatic heterocycles. The molecule has 0 spiro atoms. The molecule has 146 valence electrons. The highest BCUT2D eigenvalue weighted by molar-refractivity contribution is 7.92. The van der Waals surface area contributed by atoms with Gasteiger partial charge >= 0.3 is 0 Å². The summed E-state index contributed by atoms with van der Waals surface area (Å²) in [5.41, 5.74) is 1.29. The standard InChI is InChI=1S/C20H26N2O4S/c1-5-18(22(27(4,24)25)16-11-7-6-8-12-16)20(23)21-15(2)17-13-9-10-14-19(17)26-3/h6-15,18H,5H2,1-4H3,(H,21,23)/t15-,18+/m1/s1. The highest BCUT2D eigenvalue weighted by Crippen LogP contribution is 2.26. The zero-order chi connectivity index (χ0) is 20.0. The van der Waals surface area contributed by atoms with Gasteiger partial charge in [-0.05, 0) is 31.5 Å². The van der Waals surface area contributed by atoms with Gasteiger partial charge in [0.2, 0.25) is 15.9 Å². The summed E-state index contributed by atoms with van der Waals surface area (Å²) in [6.07, 6.45) is 1.45. The molecule has 2 atom stereocenters. The van der Waals surface area contributed by atoms with E-state index in [0.717, 1.165) is 11.8 Å². The highest BCUT2D eigenvalue weighted by Gasteiger charge is 2.32. The number of rotatable bonds is 8. The van der Waals surface area contributed by atoms with Crippen molar-refractivity contribution < 1.29 is 17.9 Å². The molecule has 0 saturated heterocycles. The Morgan fingerprint density at radius 1 is 1.11 bits per heavy atom. The molecule has 2 aromatic carbocycles. The number of anilines is 1. The van der Waals surface area contributed by atoms with E-state index in [4.69, 9.17) is 4.74 Å². The van der Waals surface area contributed by atoms with Gasteiger partial charge in [-0.15, -0.1) is 0 Å². The van der Waals surface area contributed by atoms with Crippen molar-refractivity contribution in [2.45, 2.75) is 32.4 Å². The fraction of sp³-hybridized carbons (Fsp3) is 0.350. The molecular weight excluding hydrogens is 364 g/mol. The number of benzene rings is 2. The first-order valence-electron chi connectivity index (χ1n) is 8.77. The predicted octanol–water partition coefficient (Wildman–Crippen LogP) is 3.12. The average Bonchev–Trinajstić information content (AvgIpc) is 2.65. The molecule has 6 nitrogen and oxygen atoms in total. The van der Waals surface area contributed by atoms with Crippen LogP contribution in [0, 0.1) is 0 Å². The second kappa shape index (κ2) is 8.90. The third kappa shape index (κ3) is 5.01. The largest absolute Gasteiger partial charge is 0.496 e. The zero-order valence-electron chi connectivity index (χ0n) is 16.0. The minimum absolute atomic E-state index is 0.333. The summed E-state index contributed by atoms with van der Waals surface area (Å²) in [5, 5.41) is 2.92. The van der Waals surface area contributed by atoms with E-state index in [1.165, 1.54) is 4.31 Å². The molecule has 0 bridgehead atoms. The summed E-state index contributed by atoms with van der Waals surface area (Å²) < 4.78 is 31.4. The lowest BCUT2D eigenvalue weighted by Crippen LogP contribution is -2.49. The van der Waals surface area contributed by atoms with Crippen molar-refractivity contribution in [2.75, 3.05) is 17.7 Å². The number of amides is 1. The first-order valence-corrected chi connectivity index (χ1v) is 10.6. The summed E-state index contributed by atoms with van der Waals surface area (Å²) in [6, 6.07) is 14.9. The van der Waals surface area contributed by atoms with Gasteiger partial charge in [0, 0.05) is 5.56 Å². The number of para-hydroxylation sites is 2. The van der Waals surface area contributed by atoms with Gasteiger partial charge in [0.1, 0.15) is 11.8 Å². The van der Waals surface area contributed by atoms with Crippen LogP contribution in [0.15, 0.2) is 54.6 Å². The molecule has 0 fully saturated rings. The van der Waals surface area contributed by atoms with Gasteiger partial charge in [-0.2, -0.15) is 0 Å². The van der Waals surface area contributed by atoms with Crippen LogP contribution in [0.3, 0.4) is 0 Å². The van der Waals surface area contributed by atoms with Crippen molar-refractivity contribution in [3.8, 4) is 5.75 Å². The molecule has 0 saturated carbocycles. The van der Waals surface area contributed by atoms with Crippen molar-refractivity contribution in [3.63, 3.8) is 0 Å². The van der Waals surface area contributed by atoms with Gasteiger partial charge < -0.3 is 10.1 Å². The molecule has 0 heterocycles. The van der Waals surface area contributed by atoms with Gasteiger partial charge in [-0.1, -0.05) is 43.3 Å². The Labute approximate surface area is 161 Å². The van der Waals surface area contributed by atoms with Crippen LogP contribution in [0.25, 0.3) is 0 Å². The third-order valence-electron chi connectivity index (χ3n) is 4.30. The van der Waals surface area contributed by atoms with Gasteiger partial charge in [-0.25, -0.2) is 8.42 Å². The minimum Gasteiger partial charge on any atom is -0.496 e. The smallest absolute Gasteiger partial charge is 0.244 e. The predicted molar refractivity (Wildman–Crippen MR) is 107 cm³/mol. The molecule has 0 unspecified atom stereocenters. The Morgan fingerprint density at radius 2 is 1.70 bits per heavy atom. The summed E-state index contributed by atoms with van der Waals surface area (Å²) in [7, 11) is -2.07. The van der Waals surface area contributed by atoms with E-state index in [1.54, 1.807) is 44.4 Å². The normalized spacial score (nSPS) is 13.5. The Kier molecular flexibility index (Phi) is 6.85. The average molecular weight is 391 g/mol. The lowest BCUT2D eigenvalue weighted by Gasteiger charge is -2.31. The number of ether oxygens (including phenoxy) is 1. The number of sulfonamides is 1. The van der Waals surface area contributed by atoms with Crippen molar-refractivity contribution in [1.82, 2.24) is 5.32 Å². The number of hydrogen-bond acceptors (Lipinski definition) is 4. The fourth-order valence-corrected chi connectivity index (χ4v) is 4.26. The van der Waals surface area contributed by atoms with E-state index in [-0.39, 0.29) is 11.9 Å². The highest BCUT2D eigenvalue weighted by atomic mass is 32.2. The summed E-state index contributed by atoms with van der Waals surface area (Å²) in [6.45, 7) is 3.63. The van der Waals surface area contributed by atoms with Crippen LogP contribution >= 0.6 is 0 Å². The molecule has 2 aromatic rings. The second-order valence-electron chi connectivity index (χ2n) is 6.29. The molecule has 27 heavy (non-hydrogen) atoms. The first-order chi connectivity index (χ1) is 12.8. The van der Waals surface area contributed by atoms with E-state index < -0.39 is 16.1 Å². The quantitative estimate of drug-likeness (QED) is 0.751. The molecule has 7 heteroatoms. The zero-order valence-corrected chi connectivity index (χ0v) is 16.9. The van der Waals surface area contributed by atoms with Crippen molar-refractivity contribution >= 4 is 21.6 Å². The van der Waals surface area contributed by atoms with E-state index >= 15 is 0 Å². The van der Waals surface area contributed by atoms with E-state index in [2.05, 4.69) is 5.32 Å². The van der Waals surface area contributed by atoms with E-state index in [1.807, 2.05) is 31.2 Å². The third-order valence-corrected chi connectivity index (χ3v) is 5.48. The maximum atomic E-state index is 13.0. The molecule has 0 aromatic heterocycles. The minimum atomic E-state index is -3.64. The lowest BCUT2D eigenvalue weighted by molar-refractivity contribution is -0.122. The van der Waals surface area contributed by atoms with Gasteiger partial charge in [0.05, 0.1) is 25.1 Å². The molecule has 1 amide bonds. The Hall–Kier alpha value is -2.54. The lowest BCUT2D eigenvalue weighted by atomic mass is 10.1. The van der Waals surface area contributed by atoms with Gasteiger partial charge in [0.25, 0.3) is 0 Å². The number of nitrogens with one attached hydrogen (secondary N) is 1. The topological polar surface area (TPSA) is 75.7 Å². The fourth-order valence-electron chi connectivity index (χ4n) is 3.05. The van der Waals surface area contributed by atoms with Gasteiger partial charge in [0.15, 0.2) is 0 Å². The van der Waals surface area contributed by atoms with Crippen molar-refractivity contribution in [1.29, 1.82) is 0 Å². The number of methoxy groups -OCH3 is 1. The maximum absolute atomic E-state index is 13.0. The second-order valence-corrected chi connectivity index (χ2v) is 8.15. The van der Waals surface area contributed by atoms with Crippen molar-refractivity contribution in [2.24, 2.45) is 0 Å². The molecule has 1 N–H and O–H groups in total. The Morgan fingerprint density at radius 3 is 2.26 bits per heavy atom. The monoisotopic (exact) mass is 390 g/mol. The number of carbonyl (C=O) groups is 1. The Bertz CT molecular complexity index is 869. The maximum Gasteiger partial charge on any atom is 0.244 e. The van der Waals surface area contributed by atoms with Crippen LogP contribution in [0.2, 0.25) is 0 Å². The molecule has 0 aliphatic rings. The van der Waals surface area contributed by atoms with Crippen LogP contribution in [0.4, 0.5) is 5.69 Å². The number of carbonyl (C=O) groups excluding carboxylic acids is 1. The van der Waals surface area contributed by atoms with Crippen LogP contribution in [-0.2, 0) is 14.8 Å². The number of nitrogens with zero attached hydrogens (tertiary/aromatic N) is 1. The first kappa shape index (κ1) is 20.8. The van der Waals surface area contributed by atoms with Gasteiger partial charge in [-0.3, -0.25) is 9.10 Å². The van der Waals surface area contributed by atoms with E-state index in [9.17, 15) is 13.2 Å². The van der Waals surface area contributed by atoms with Crippen LogP contribution in [0.1, 0.15) is 31.9 Å². The van der Waals surface area contributed by atoms with Crippen LogP contribution in [-0.4, -0.2) is 33.7 Å². The molecule has 2 rings (SSSR count). The van der Waals surface area contributed by atoms with E-state index in [0.29, 0.717) is 17.9 Å². The van der Waals surface area contributed by atoms with Crippen LogP contribution < -0.4 is 14.4 Å². The molecule has 0 aliphatic carbocycles. The SMILES string of the molecule is CC[C@@H](C(=O)N[C@H](C)c1ccccc1OC)N(c1ccccc1)S(C)(=O)=O. The molecular formula is C20H26N2O4S. The van der Waals surface area contributed by atoms with Crippen molar-refractivity contribution in [3.05, 3.63) is 60.2 Å². The summed E-state index contributed by atoms with van der Waals surface area (Å²) in [4.78, 5) is 13.0. The Balaban J connectivity index is 2.30. The van der Waals surface area contributed by atoms with Crippen LogP contribution in [0.5, 0.6) is 5.75 Å². The molecule has 0 radical (unpaired) electrons. The number of hydrogen-bond donors (Lipinski definition) is 1.